The van der Waals surface area contributed by atoms with Gasteiger partial charge in [-0.05, 0) is 18.4 Å². The van der Waals surface area contributed by atoms with Gasteiger partial charge in [-0.15, -0.1) is 22.7 Å². The number of hydrogen-bond donors (Lipinski definition) is 3. The number of aromatic nitrogens is 3. The molecule has 2 atom stereocenters. The molecule has 0 radical (unpaired) electrons. The van der Waals surface area contributed by atoms with Gasteiger partial charge in [0.1, 0.15) is 28.7 Å². The SMILES string of the molecule is Cc1nc(C(=O)N2CCNC(=O)c3coc(n3)[C@H](Cc3ccccc3)NC(=O)c3csc(n3)[C@H](C(C)C)NC(=O)C2)cs1. The van der Waals surface area contributed by atoms with Crippen LogP contribution in [0.5, 0.6) is 0 Å². The molecule has 1 aliphatic heterocycles. The third-order valence-corrected chi connectivity index (χ3v) is 8.47. The second-order valence-electron chi connectivity index (χ2n) is 10.4. The number of nitrogens with zero attached hydrogens (tertiary/aromatic N) is 4. The number of rotatable bonds is 4. The van der Waals surface area contributed by atoms with E-state index >= 15 is 0 Å². The van der Waals surface area contributed by atoms with Crippen LogP contribution in [-0.4, -0.2) is 63.1 Å². The van der Waals surface area contributed by atoms with E-state index in [9.17, 15) is 19.2 Å². The number of carbonyl (C=O) groups excluding carboxylic acids is 4. The molecule has 12 nitrogen and oxygen atoms in total. The van der Waals surface area contributed by atoms with Crippen LogP contribution in [0.25, 0.3) is 0 Å². The minimum atomic E-state index is -0.684. The molecule has 0 fully saturated rings. The van der Waals surface area contributed by atoms with E-state index in [1.54, 1.807) is 17.7 Å². The number of benzene rings is 1. The summed E-state index contributed by atoms with van der Waals surface area (Å²) < 4.78 is 5.67. The summed E-state index contributed by atoms with van der Waals surface area (Å²) in [6.07, 6.45) is 1.59. The predicted molar refractivity (Wildman–Crippen MR) is 160 cm³/mol. The summed E-state index contributed by atoms with van der Waals surface area (Å²) in [5.74, 6) is -1.69. The Labute approximate surface area is 255 Å². The molecule has 3 N–H and O–H groups in total. The van der Waals surface area contributed by atoms with Gasteiger partial charge in [-0.25, -0.2) is 15.0 Å². The van der Waals surface area contributed by atoms with Crippen LogP contribution in [0.15, 0.2) is 51.8 Å². The fourth-order valence-corrected chi connectivity index (χ4v) is 6.15. The number of aryl methyl sites for hydroxylation is 1. The third-order valence-electron chi connectivity index (χ3n) is 6.77. The first-order valence-electron chi connectivity index (χ1n) is 13.7. The molecule has 14 heteroatoms. The zero-order valence-corrected chi connectivity index (χ0v) is 25.5. The van der Waals surface area contributed by atoms with Crippen molar-refractivity contribution in [1.29, 1.82) is 0 Å². The molecule has 1 aliphatic rings. The van der Waals surface area contributed by atoms with Gasteiger partial charge in [-0.1, -0.05) is 44.2 Å². The van der Waals surface area contributed by atoms with Crippen molar-refractivity contribution in [3.05, 3.63) is 85.9 Å². The van der Waals surface area contributed by atoms with Crippen LogP contribution in [0.2, 0.25) is 0 Å². The summed E-state index contributed by atoms with van der Waals surface area (Å²) in [6, 6.07) is 8.34. The molecule has 0 saturated heterocycles. The highest BCUT2D eigenvalue weighted by atomic mass is 32.1. The molecular formula is C29H31N7O5S2. The Morgan fingerprint density at radius 1 is 1.02 bits per heavy atom. The van der Waals surface area contributed by atoms with Crippen LogP contribution >= 0.6 is 22.7 Å². The van der Waals surface area contributed by atoms with Gasteiger partial charge in [-0.3, -0.25) is 19.2 Å². The van der Waals surface area contributed by atoms with E-state index in [0.29, 0.717) is 11.4 Å². The van der Waals surface area contributed by atoms with E-state index in [2.05, 4.69) is 30.9 Å². The molecule has 3 aromatic heterocycles. The molecule has 4 aromatic rings. The normalized spacial score (nSPS) is 18.4. The van der Waals surface area contributed by atoms with Crippen molar-refractivity contribution in [2.45, 2.75) is 39.3 Å². The highest BCUT2D eigenvalue weighted by Gasteiger charge is 2.29. The van der Waals surface area contributed by atoms with Crippen LogP contribution in [0.1, 0.15) is 78.9 Å². The highest BCUT2D eigenvalue weighted by molar-refractivity contribution is 7.10. The lowest BCUT2D eigenvalue weighted by molar-refractivity contribution is -0.122. The lowest BCUT2D eigenvalue weighted by Crippen LogP contribution is -2.45. The summed E-state index contributed by atoms with van der Waals surface area (Å²) in [4.78, 5) is 67.4. The fraction of sp³-hybridized carbons (Fsp3) is 0.345. The Bertz CT molecular complexity index is 1610. The summed E-state index contributed by atoms with van der Waals surface area (Å²) in [5, 5.41) is 13.2. The van der Waals surface area contributed by atoms with E-state index in [1.807, 2.05) is 44.2 Å². The molecule has 4 amide bonds. The smallest absolute Gasteiger partial charge is 0.273 e. The lowest BCUT2D eigenvalue weighted by Gasteiger charge is -2.25. The Kier molecular flexibility index (Phi) is 9.26. The fourth-order valence-electron chi connectivity index (χ4n) is 4.55. The maximum absolute atomic E-state index is 13.4. The summed E-state index contributed by atoms with van der Waals surface area (Å²) in [5.41, 5.74) is 1.36. The average Bonchev–Trinajstić information content (AvgIpc) is 3.76. The van der Waals surface area contributed by atoms with Crippen LogP contribution in [0.4, 0.5) is 0 Å². The molecule has 4 heterocycles. The van der Waals surface area contributed by atoms with Crippen LogP contribution in [0.3, 0.4) is 0 Å². The van der Waals surface area contributed by atoms with Gasteiger partial charge in [0.25, 0.3) is 17.7 Å². The van der Waals surface area contributed by atoms with Gasteiger partial charge < -0.3 is 25.3 Å². The number of amides is 4. The van der Waals surface area contributed by atoms with Crippen molar-refractivity contribution < 1.29 is 23.6 Å². The quantitative estimate of drug-likeness (QED) is 0.313. The second kappa shape index (κ2) is 13.3. The number of oxazole rings is 1. The molecule has 0 saturated carbocycles. The molecule has 4 bridgehead atoms. The van der Waals surface area contributed by atoms with Crippen molar-refractivity contribution in [1.82, 2.24) is 35.8 Å². The largest absolute Gasteiger partial charge is 0.446 e. The van der Waals surface area contributed by atoms with Crippen molar-refractivity contribution in [2.75, 3.05) is 19.6 Å². The number of fused-ring (bicyclic) bond motifs is 4. The van der Waals surface area contributed by atoms with Crippen LogP contribution < -0.4 is 16.0 Å². The predicted octanol–water partition coefficient (Wildman–Crippen LogP) is 3.31. The molecule has 0 aliphatic carbocycles. The van der Waals surface area contributed by atoms with Crippen molar-refractivity contribution >= 4 is 46.3 Å². The molecule has 0 unspecified atom stereocenters. The van der Waals surface area contributed by atoms with Crippen molar-refractivity contribution in [2.24, 2.45) is 5.92 Å². The lowest BCUT2D eigenvalue weighted by atomic mass is 10.0. The molecule has 5 rings (SSSR count). The molecule has 43 heavy (non-hydrogen) atoms. The summed E-state index contributed by atoms with van der Waals surface area (Å²) >= 11 is 2.60. The number of hydrogen-bond acceptors (Lipinski definition) is 10. The van der Waals surface area contributed by atoms with Gasteiger partial charge in [0.05, 0.1) is 17.6 Å². The van der Waals surface area contributed by atoms with Gasteiger partial charge in [0, 0.05) is 30.3 Å². The average molecular weight is 622 g/mol. The number of thiazole rings is 2. The second-order valence-corrected chi connectivity index (χ2v) is 12.3. The first-order chi connectivity index (χ1) is 20.7. The standard InChI is InChI=1S/C29H31N7O5S2/c1-16(2)24-28-34-21(14-43-28)26(39)32-19(11-18-7-5-4-6-8-18)27-33-20(13-41-27)25(38)30-9-10-36(12-23(37)35-24)29(40)22-15-42-17(3)31-22/h4-8,13-16,19,24H,9-12H2,1-3H3,(H,30,38)(H,32,39)(H,35,37)/t19-,24-/m0/s1. The van der Waals surface area contributed by atoms with Crippen LogP contribution in [0, 0.1) is 12.8 Å². The maximum atomic E-state index is 13.4. The van der Waals surface area contributed by atoms with Crippen molar-refractivity contribution in [3.63, 3.8) is 0 Å². The monoisotopic (exact) mass is 621 g/mol. The van der Waals surface area contributed by atoms with E-state index in [1.165, 1.54) is 33.8 Å². The first-order valence-corrected chi connectivity index (χ1v) is 15.5. The number of carbonyl (C=O) groups is 4. The maximum Gasteiger partial charge on any atom is 0.273 e. The van der Waals surface area contributed by atoms with Crippen LogP contribution in [-0.2, 0) is 11.2 Å². The summed E-state index contributed by atoms with van der Waals surface area (Å²) in [6.45, 7) is 5.51. The zero-order valence-electron chi connectivity index (χ0n) is 23.8. The third kappa shape index (κ3) is 7.32. The van der Waals surface area contributed by atoms with E-state index in [0.717, 1.165) is 10.6 Å². The van der Waals surface area contributed by atoms with Gasteiger partial charge >= 0.3 is 0 Å². The highest BCUT2D eigenvalue weighted by Crippen LogP contribution is 2.26. The Balaban J connectivity index is 1.47. The van der Waals surface area contributed by atoms with E-state index in [-0.39, 0.29) is 48.5 Å². The number of nitrogens with one attached hydrogen (secondary N) is 3. The van der Waals surface area contributed by atoms with Gasteiger partial charge in [-0.2, -0.15) is 0 Å². The first kappa shape index (κ1) is 30.0. The minimum absolute atomic E-state index is 0.0184. The van der Waals surface area contributed by atoms with Crippen molar-refractivity contribution in [3.8, 4) is 0 Å². The minimum Gasteiger partial charge on any atom is -0.446 e. The molecular weight excluding hydrogens is 590 g/mol. The Morgan fingerprint density at radius 3 is 2.53 bits per heavy atom. The van der Waals surface area contributed by atoms with Gasteiger partial charge in [0.2, 0.25) is 11.8 Å². The summed E-state index contributed by atoms with van der Waals surface area (Å²) in [7, 11) is 0. The zero-order chi connectivity index (χ0) is 30.5. The molecule has 0 spiro atoms. The van der Waals surface area contributed by atoms with E-state index < -0.39 is 35.7 Å². The Morgan fingerprint density at radius 2 is 1.81 bits per heavy atom. The molecule has 1 aromatic carbocycles. The topological polar surface area (TPSA) is 159 Å². The molecule has 224 valence electrons. The Hall–Kier alpha value is -4.43. The van der Waals surface area contributed by atoms with E-state index in [4.69, 9.17) is 4.42 Å². The van der Waals surface area contributed by atoms with Gasteiger partial charge in [0.15, 0.2) is 5.69 Å².